The fraction of sp³-hybridized carbons (Fsp3) is 0.533. The van der Waals surface area contributed by atoms with Gasteiger partial charge in [-0.05, 0) is 17.5 Å². The van der Waals surface area contributed by atoms with Gasteiger partial charge in [-0.2, -0.15) is 0 Å². The van der Waals surface area contributed by atoms with Crippen molar-refractivity contribution < 1.29 is 9.59 Å². The lowest BCUT2D eigenvalue weighted by atomic mass is 9.91. The Hall–Kier alpha value is -1.47. The van der Waals surface area contributed by atoms with Crippen LogP contribution in [0.3, 0.4) is 0 Å². The molecule has 0 spiro atoms. The summed E-state index contributed by atoms with van der Waals surface area (Å²) in [6, 6.07) is 2.89. The number of rotatable bonds is 3. The number of carbonyl (C=O) groups excluding carboxylic acids is 2. The number of hydrogen-bond acceptors (Lipinski definition) is 5. The van der Waals surface area contributed by atoms with E-state index in [1.165, 1.54) is 6.20 Å². The van der Waals surface area contributed by atoms with Gasteiger partial charge in [0.2, 0.25) is 11.8 Å². The molecule has 0 bridgehead atoms. The molecule has 1 aliphatic heterocycles. The summed E-state index contributed by atoms with van der Waals surface area (Å²) in [7, 11) is 0. The first-order chi connectivity index (χ1) is 10.3. The second-order valence-electron chi connectivity index (χ2n) is 6.58. The predicted octanol–water partition coefficient (Wildman–Crippen LogP) is 2.36. The van der Waals surface area contributed by atoms with Crippen LogP contribution in [0.15, 0.2) is 18.3 Å². The summed E-state index contributed by atoms with van der Waals surface area (Å²) in [5, 5.41) is 2.79. The van der Waals surface area contributed by atoms with Crippen LogP contribution in [-0.4, -0.2) is 39.4 Å². The molecule has 2 amide bonds. The van der Waals surface area contributed by atoms with E-state index >= 15 is 0 Å². The zero-order chi connectivity index (χ0) is 16.3. The molecule has 2 heterocycles. The summed E-state index contributed by atoms with van der Waals surface area (Å²) < 4.78 is 0. The van der Waals surface area contributed by atoms with E-state index in [0.717, 1.165) is 0 Å². The molecular weight excluding hydrogens is 336 g/mol. The maximum Gasteiger partial charge on any atom is 0.248 e. The molecule has 1 atom stereocenters. The lowest BCUT2D eigenvalue weighted by molar-refractivity contribution is -0.137. The molecule has 2 rings (SSSR count). The Morgan fingerprint density at radius 1 is 1.43 bits per heavy atom. The zero-order valence-electron chi connectivity index (χ0n) is 13.5. The van der Waals surface area contributed by atoms with Crippen LogP contribution in [0.1, 0.15) is 27.2 Å². The molecule has 3 N–H and O–H groups in total. The first-order valence-corrected chi connectivity index (χ1v) is 8.31. The molecule has 23 heavy (non-hydrogen) atoms. The summed E-state index contributed by atoms with van der Waals surface area (Å²) in [6.45, 7) is 6.05. The maximum absolute atomic E-state index is 12.4. The monoisotopic (exact) mass is 358 g/mol. The molecule has 1 aromatic heterocycles. The Bertz CT molecular complexity index is 560. The standard InChI is InChI=1S/C15H22N4O2S.ClH/c1-15(2,3)6-13(20)19-9-22-8-11(19)14(21)18-10-4-5-12(16)17-7-10;/h4-5,7,11H,6,8-9H2,1-3H3,(H2,16,17)(H,18,21);1H. The highest BCUT2D eigenvalue weighted by Crippen LogP contribution is 2.27. The van der Waals surface area contributed by atoms with Crippen molar-refractivity contribution >= 4 is 47.5 Å². The number of carbonyl (C=O) groups is 2. The summed E-state index contributed by atoms with van der Waals surface area (Å²) in [6.07, 6.45) is 1.94. The number of nitrogen functional groups attached to an aromatic ring is 1. The van der Waals surface area contributed by atoms with Crippen molar-refractivity contribution in [1.82, 2.24) is 9.88 Å². The van der Waals surface area contributed by atoms with Crippen molar-refractivity contribution in [2.45, 2.75) is 33.2 Å². The van der Waals surface area contributed by atoms with Gasteiger partial charge in [0.05, 0.1) is 17.8 Å². The van der Waals surface area contributed by atoms with Gasteiger partial charge < -0.3 is 16.0 Å². The van der Waals surface area contributed by atoms with Crippen LogP contribution in [-0.2, 0) is 9.59 Å². The zero-order valence-corrected chi connectivity index (χ0v) is 15.2. The molecule has 0 saturated carbocycles. The minimum Gasteiger partial charge on any atom is -0.384 e. The second kappa shape index (κ2) is 7.88. The van der Waals surface area contributed by atoms with Crippen molar-refractivity contribution in [3.05, 3.63) is 18.3 Å². The highest BCUT2D eigenvalue weighted by atomic mass is 35.5. The Morgan fingerprint density at radius 2 is 2.13 bits per heavy atom. The van der Waals surface area contributed by atoms with Crippen LogP contribution >= 0.6 is 24.2 Å². The quantitative estimate of drug-likeness (QED) is 0.865. The number of hydrogen-bond donors (Lipinski definition) is 2. The highest BCUT2D eigenvalue weighted by molar-refractivity contribution is 7.99. The summed E-state index contributed by atoms with van der Waals surface area (Å²) in [5.74, 6) is 1.42. The van der Waals surface area contributed by atoms with Gasteiger partial charge in [-0.15, -0.1) is 24.2 Å². The second-order valence-corrected chi connectivity index (χ2v) is 7.58. The molecule has 0 aliphatic carbocycles. The minimum atomic E-state index is -0.433. The normalized spacial score (nSPS) is 17.5. The van der Waals surface area contributed by atoms with Crippen LogP contribution < -0.4 is 11.1 Å². The van der Waals surface area contributed by atoms with Crippen LogP contribution in [0.25, 0.3) is 0 Å². The van der Waals surface area contributed by atoms with Crippen LogP contribution in [0, 0.1) is 5.41 Å². The SMILES string of the molecule is CC(C)(C)CC(=O)N1CSCC1C(=O)Nc1ccc(N)nc1.Cl. The van der Waals surface area contributed by atoms with Gasteiger partial charge >= 0.3 is 0 Å². The van der Waals surface area contributed by atoms with Gasteiger partial charge in [-0.1, -0.05) is 20.8 Å². The van der Waals surface area contributed by atoms with Crippen molar-refractivity contribution in [3.8, 4) is 0 Å². The number of pyridine rings is 1. The number of amides is 2. The molecule has 1 unspecified atom stereocenters. The van der Waals surface area contributed by atoms with Crippen molar-refractivity contribution in [3.63, 3.8) is 0 Å². The van der Waals surface area contributed by atoms with Crippen molar-refractivity contribution in [2.75, 3.05) is 22.7 Å². The van der Waals surface area contributed by atoms with Gasteiger partial charge in [0.15, 0.2) is 0 Å². The van der Waals surface area contributed by atoms with Crippen LogP contribution in [0.2, 0.25) is 0 Å². The highest BCUT2D eigenvalue weighted by Gasteiger charge is 2.35. The number of nitrogens with one attached hydrogen (secondary N) is 1. The fourth-order valence-electron chi connectivity index (χ4n) is 2.17. The lowest BCUT2D eigenvalue weighted by Gasteiger charge is -2.26. The van der Waals surface area contributed by atoms with E-state index in [9.17, 15) is 9.59 Å². The topological polar surface area (TPSA) is 88.3 Å². The molecule has 6 nitrogen and oxygen atoms in total. The number of aromatic nitrogens is 1. The van der Waals surface area contributed by atoms with E-state index in [1.54, 1.807) is 28.8 Å². The van der Waals surface area contributed by atoms with E-state index in [2.05, 4.69) is 10.3 Å². The number of anilines is 2. The van der Waals surface area contributed by atoms with Gasteiger partial charge in [-0.3, -0.25) is 9.59 Å². The minimum absolute atomic E-state index is 0. The third kappa shape index (κ3) is 5.58. The third-order valence-electron chi connectivity index (χ3n) is 3.24. The number of nitrogens with zero attached hydrogens (tertiary/aromatic N) is 2. The van der Waals surface area contributed by atoms with Crippen molar-refractivity contribution in [1.29, 1.82) is 0 Å². The van der Waals surface area contributed by atoms with E-state index in [4.69, 9.17) is 5.73 Å². The molecule has 8 heteroatoms. The Labute approximate surface area is 147 Å². The van der Waals surface area contributed by atoms with Crippen molar-refractivity contribution in [2.24, 2.45) is 5.41 Å². The largest absolute Gasteiger partial charge is 0.384 e. The maximum atomic E-state index is 12.4. The first-order valence-electron chi connectivity index (χ1n) is 7.16. The Balaban J connectivity index is 0.00000264. The van der Waals surface area contributed by atoms with Gasteiger partial charge in [0, 0.05) is 12.2 Å². The summed E-state index contributed by atoms with van der Waals surface area (Å²) in [5.41, 5.74) is 6.01. The van der Waals surface area contributed by atoms with Gasteiger partial charge in [-0.25, -0.2) is 4.98 Å². The molecule has 128 valence electrons. The molecule has 0 aromatic carbocycles. The summed E-state index contributed by atoms with van der Waals surface area (Å²) in [4.78, 5) is 30.4. The molecular formula is C15H23ClN4O2S. The summed E-state index contributed by atoms with van der Waals surface area (Å²) >= 11 is 1.59. The molecule has 0 radical (unpaired) electrons. The Kier molecular flexibility index (Phi) is 6.70. The molecule has 1 aromatic rings. The fourth-order valence-corrected chi connectivity index (χ4v) is 3.35. The lowest BCUT2D eigenvalue weighted by Crippen LogP contribution is -2.45. The number of halogens is 1. The average Bonchev–Trinajstić information content (AvgIpc) is 2.89. The number of nitrogens with two attached hydrogens (primary N) is 1. The van der Waals surface area contributed by atoms with E-state index in [0.29, 0.717) is 29.6 Å². The molecule has 1 saturated heterocycles. The van der Waals surface area contributed by atoms with Gasteiger partial charge in [0.1, 0.15) is 11.9 Å². The molecule has 1 aliphatic rings. The smallest absolute Gasteiger partial charge is 0.248 e. The predicted molar refractivity (Wildman–Crippen MR) is 96.6 cm³/mol. The first kappa shape index (κ1) is 19.6. The van der Waals surface area contributed by atoms with Gasteiger partial charge in [0.25, 0.3) is 0 Å². The van der Waals surface area contributed by atoms with Crippen LogP contribution in [0.4, 0.5) is 11.5 Å². The molecule has 1 fully saturated rings. The average molecular weight is 359 g/mol. The van der Waals surface area contributed by atoms with Crippen LogP contribution in [0.5, 0.6) is 0 Å². The number of thioether (sulfide) groups is 1. The third-order valence-corrected chi connectivity index (χ3v) is 4.25. The van der Waals surface area contributed by atoms with E-state index in [-0.39, 0.29) is 29.6 Å². The van der Waals surface area contributed by atoms with E-state index < -0.39 is 6.04 Å². The Morgan fingerprint density at radius 3 is 2.70 bits per heavy atom. The van der Waals surface area contributed by atoms with E-state index in [1.807, 2.05) is 20.8 Å².